The molecule has 0 saturated carbocycles. The van der Waals surface area contributed by atoms with Crippen LogP contribution in [-0.2, 0) is 0 Å². The molecular weight excluding hydrogens is 326 g/mol. The van der Waals surface area contributed by atoms with Crippen molar-refractivity contribution in [1.29, 1.82) is 0 Å². The van der Waals surface area contributed by atoms with E-state index in [0.717, 1.165) is 34.2 Å². The number of benzene rings is 1. The van der Waals surface area contributed by atoms with E-state index < -0.39 is 0 Å². The number of anilines is 1. The van der Waals surface area contributed by atoms with Gasteiger partial charge >= 0.3 is 0 Å². The summed E-state index contributed by atoms with van der Waals surface area (Å²) in [7, 11) is 4.83. The molecule has 6 nitrogen and oxygen atoms in total. The smallest absolute Gasteiger partial charge is 0.203 e. The second-order valence-electron chi connectivity index (χ2n) is 5.23. The summed E-state index contributed by atoms with van der Waals surface area (Å²) in [6.07, 6.45) is 5.01. The standard InChI is InChI=1S/C17H21N3O3S/c1-5-6-18-15-10-20-12(9-19-17(20)24-15)11-7-13(21-2)16(23-4)14(8-11)22-3/h7-10,18H,5-6H2,1-4H3. The Labute approximate surface area is 145 Å². The van der Waals surface area contributed by atoms with Gasteiger partial charge in [-0.05, 0) is 18.6 Å². The summed E-state index contributed by atoms with van der Waals surface area (Å²) >= 11 is 1.63. The molecule has 0 unspecified atom stereocenters. The van der Waals surface area contributed by atoms with Gasteiger partial charge in [0.15, 0.2) is 16.5 Å². The molecule has 7 heteroatoms. The van der Waals surface area contributed by atoms with Crippen LogP contribution < -0.4 is 19.5 Å². The monoisotopic (exact) mass is 347 g/mol. The molecule has 0 spiro atoms. The molecule has 0 bridgehead atoms. The van der Waals surface area contributed by atoms with Crippen molar-refractivity contribution in [2.75, 3.05) is 33.2 Å². The van der Waals surface area contributed by atoms with E-state index in [9.17, 15) is 0 Å². The van der Waals surface area contributed by atoms with Crippen LogP contribution in [0.4, 0.5) is 5.00 Å². The predicted molar refractivity (Wildman–Crippen MR) is 96.9 cm³/mol. The highest BCUT2D eigenvalue weighted by Crippen LogP contribution is 2.41. The number of rotatable bonds is 7. The van der Waals surface area contributed by atoms with Crippen molar-refractivity contribution < 1.29 is 14.2 Å². The van der Waals surface area contributed by atoms with Crippen LogP contribution >= 0.6 is 11.3 Å². The van der Waals surface area contributed by atoms with E-state index in [0.29, 0.717) is 17.2 Å². The number of nitrogens with one attached hydrogen (secondary N) is 1. The van der Waals surface area contributed by atoms with Gasteiger partial charge in [0, 0.05) is 18.3 Å². The van der Waals surface area contributed by atoms with E-state index >= 15 is 0 Å². The Kier molecular flexibility index (Phi) is 4.80. The van der Waals surface area contributed by atoms with E-state index in [2.05, 4.69) is 27.8 Å². The molecule has 3 rings (SSSR count). The maximum atomic E-state index is 5.44. The normalized spacial score (nSPS) is 10.8. The molecule has 24 heavy (non-hydrogen) atoms. The summed E-state index contributed by atoms with van der Waals surface area (Å²) in [5, 5.41) is 4.51. The van der Waals surface area contributed by atoms with E-state index in [1.54, 1.807) is 32.7 Å². The SMILES string of the molecule is CCCNc1cn2c(-c3cc(OC)c(OC)c(OC)c3)cnc2s1. The zero-order valence-corrected chi connectivity index (χ0v) is 15.1. The van der Waals surface area contributed by atoms with Crippen LogP contribution in [0.5, 0.6) is 17.2 Å². The lowest BCUT2D eigenvalue weighted by Crippen LogP contribution is -1.97. The van der Waals surface area contributed by atoms with Gasteiger partial charge in [0.1, 0.15) is 5.00 Å². The zero-order valence-electron chi connectivity index (χ0n) is 14.3. The maximum absolute atomic E-state index is 5.44. The lowest BCUT2D eigenvalue weighted by molar-refractivity contribution is 0.324. The summed E-state index contributed by atoms with van der Waals surface area (Å²) < 4.78 is 18.3. The maximum Gasteiger partial charge on any atom is 0.203 e. The van der Waals surface area contributed by atoms with Crippen LogP contribution in [0.1, 0.15) is 13.3 Å². The van der Waals surface area contributed by atoms with Crippen molar-refractivity contribution in [3.05, 3.63) is 24.5 Å². The van der Waals surface area contributed by atoms with Gasteiger partial charge in [0.2, 0.25) is 5.75 Å². The summed E-state index contributed by atoms with van der Waals surface area (Å²) in [6.45, 7) is 3.09. The average Bonchev–Trinajstić information content (AvgIpc) is 3.18. The zero-order chi connectivity index (χ0) is 17.1. The molecule has 1 N–H and O–H groups in total. The van der Waals surface area contributed by atoms with Gasteiger partial charge in [-0.3, -0.25) is 4.40 Å². The van der Waals surface area contributed by atoms with Crippen LogP contribution in [0, 0.1) is 0 Å². The summed E-state index contributed by atoms with van der Waals surface area (Å²) in [4.78, 5) is 5.45. The summed E-state index contributed by atoms with van der Waals surface area (Å²) in [5.74, 6) is 1.84. The molecule has 2 heterocycles. The molecule has 0 fully saturated rings. The Hall–Kier alpha value is -2.41. The largest absolute Gasteiger partial charge is 0.493 e. The number of ether oxygens (including phenoxy) is 3. The van der Waals surface area contributed by atoms with E-state index in [1.807, 2.05) is 18.3 Å². The number of hydrogen-bond acceptors (Lipinski definition) is 6. The molecule has 0 radical (unpaired) electrons. The molecule has 2 aromatic heterocycles. The molecule has 0 aliphatic carbocycles. The molecule has 1 aromatic carbocycles. The van der Waals surface area contributed by atoms with Crippen molar-refractivity contribution in [2.45, 2.75) is 13.3 Å². The fraction of sp³-hybridized carbons (Fsp3) is 0.353. The first-order valence-electron chi connectivity index (χ1n) is 7.73. The molecular formula is C17H21N3O3S. The Bertz CT molecular complexity index is 816. The van der Waals surface area contributed by atoms with Crippen molar-refractivity contribution in [3.63, 3.8) is 0 Å². The summed E-state index contributed by atoms with van der Waals surface area (Å²) in [5.41, 5.74) is 1.93. The minimum Gasteiger partial charge on any atom is -0.493 e. The lowest BCUT2D eigenvalue weighted by atomic mass is 10.1. The highest BCUT2D eigenvalue weighted by atomic mass is 32.1. The van der Waals surface area contributed by atoms with Crippen LogP contribution in [0.3, 0.4) is 0 Å². The van der Waals surface area contributed by atoms with Crippen molar-refractivity contribution in [2.24, 2.45) is 0 Å². The van der Waals surface area contributed by atoms with Gasteiger partial charge in [0.25, 0.3) is 0 Å². The molecule has 0 aliphatic rings. The van der Waals surface area contributed by atoms with E-state index in [1.165, 1.54) is 0 Å². The van der Waals surface area contributed by atoms with Crippen LogP contribution in [0.15, 0.2) is 24.5 Å². The first-order chi connectivity index (χ1) is 11.7. The quantitative estimate of drug-likeness (QED) is 0.702. The minimum absolute atomic E-state index is 0.583. The Morgan fingerprint density at radius 2 is 1.83 bits per heavy atom. The third-order valence-electron chi connectivity index (χ3n) is 3.72. The van der Waals surface area contributed by atoms with Gasteiger partial charge in [-0.1, -0.05) is 18.3 Å². The Balaban J connectivity index is 2.08. The fourth-order valence-electron chi connectivity index (χ4n) is 2.56. The Morgan fingerprint density at radius 3 is 2.42 bits per heavy atom. The number of thiazole rings is 1. The van der Waals surface area contributed by atoms with Crippen molar-refractivity contribution in [3.8, 4) is 28.5 Å². The van der Waals surface area contributed by atoms with Crippen LogP contribution in [0.2, 0.25) is 0 Å². The first-order valence-corrected chi connectivity index (χ1v) is 8.54. The van der Waals surface area contributed by atoms with Gasteiger partial charge in [0.05, 0.1) is 33.2 Å². The number of fused-ring (bicyclic) bond motifs is 1. The summed E-state index contributed by atoms with van der Waals surface area (Å²) in [6, 6.07) is 3.86. The predicted octanol–water partition coefficient (Wildman–Crippen LogP) is 3.91. The third kappa shape index (κ3) is 2.87. The highest BCUT2D eigenvalue weighted by molar-refractivity contribution is 7.20. The van der Waals surface area contributed by atoms with Crippen LogP contribution in [-0.4, -0.2) is 37.3 Å². The Morgan fingerprint density at radius 1 is 1.12 bits per heavy atom. The topological polar surface area (TPSA) is 57.0 Å². The number of nitrogens with zero attached hydrogens (tertiary/aromatic N) is 2. The molecule has 0 saturated heterocycles. The molecule has 128 valence electrons. The van der Waals surface area contributed by atoms with Gasteiger partial charge < -0.3 is 19.5 Å². The first kappa shape index (κ1) is 16.4. The van der Waals surface area contributed by atoms with Gasteiger partial charge in [-0.25, -0.2) is 4.98 Å². The second-order valence-corrected chi connectivity index (χ2v) is 6.24. The fourth-order valence-corrected chi connectivity index (χ4v) is 3.44. The lowest BCUT2D eigenvalue weighted by Gasteiger charge is -2.13. The van der Waals surface area contributed by atoms with E-state index in [4.69, 9.17) is 14.2 Å². The molecule has 3 aromatic rings. The van der Waals surface area contributed by atoms with Crippen molar-refractivity contribution >= 4 is 21.3 Å². The number of imidazole rings is 1. The molecule has 0 atom stereocenters. The molecule has 0 amide bonds. The van der Waals surface area contributed by atoms with Crippen LogP contribution in [0.25, 0.3) is 16.2 Å². The number of hydrogen-bond donors (Lipinski definition) is 1. The second kappa shape index (κ2) is 7.00. The number of aromatic nitrogens is 2. The average molecular weight is 347 g/mol. The highest BCUT2D eigenvalue weighted by Gasteiger charge is 2.17. The van der Waals surface area contributed by atoms with Gasteiger partial charge in [-0.15, -0.1) is 0 Å². The molecule has 0 aliphatic heterocycles. The third-order valence-corrected chi connectivity index (χ3v) is 4.67. The van der Waals surface area contributed by atoms with E-state index in [-0.39, 0.29) is 0 Å². The van der Waals surface area contributed by atoms with Gasteiger partial charge in [-0.2, -0.15) is 0 Å². The number of methoxy groups -OCH3 is 3. The van der Waals surface area contributed by atoms with Crippen molar-refractivity contribution in [1.82, 2.24) is 9.38 Å². The minimum atomic E-state index is 0.583.